The lowest BCUT2D eigenvalue weighted by molar-refractivity contribution is 0.187. The van der Waals surface area contributed by atoms with Crippen molar-refractivity contribution in [3.63, 3.8) is 0 Å². The topological polar surface area (TPSA) is 39.7 Å². The molecule has 1 atom stereocenters. The van der Waals surface area contributed by atoms with Crippen LogP contribution in [-0.2, 0) is 6.54 Å². The summed E-state index contributed by atoms with van der Waals surface area (Å²) in [5.41, 5.74) is 1.24. The Hall–Kier alpha value is -0.820. The van der Waals surface area contributed by atoms with Crippen molar-refractivity contribution in [3.8, 4) is 0 Å². The molecule has 2 N–H and O–H groups in total. The van der Waals surface area contributed by atoms with E-state index in [1.54, 1.807) is 0 Å². The van der Waals surface area contributed by atoms with E-state index in [4.69, 9.17) is 0 Å². The number of nitrogens with one attached hydrogen (secondary N) is 2. The second-order valence-electron chi connectivity index (χ2n) is 6.16. The van der Waals surface area contributed by atoms with Gasteiger partial charge < -0.3 is 15.5 Å². The standard InChI is InChI=1S/C18H30N4.HI/c1-3-19-18(21-14-17-9-5-4-6-10-17)20-11-13-22-12-7-8-16(2)15-22;/h4-6,9-10,16H,3,7-8,11-15H2,1-2H3,(H2,19,20,21);1H. The van der Waals surface area contributed by atoms with Crippen LogP contribution in [0.2, 0.25) is 0 Å². The number of halogens is 1. The smallest absolute Gasteiger partial charge is 0.191 e. The zero-order chi connectivity index (χ0) is 15.6. The molecule has 23 heavy (non-hydrogen) atoms. The molecule has 130 valence electrons. The molecule has 4 nitrogen and oxygen atoms in total. The molecule has 1 aromatic rings. The van der Waals surface area contributed by atoms with Crippen molar-refractivity contribution >= 4 is 29.9 Å². The Morgan fingerprint density at radius 3 is 2.74 bits per heavy atom. The number of rotatable bonds is 6. The molecule has 5 heteroatoms. The Morgan fingerprint density at radius 1 is 1.26 bits per heavy atom. The highest BCUT2D eigenvalue weighted by Gasteiger charge is 2.15. The lowest BCUT2D eigenvalue weighted by atomic mass is 10.0. The zero-order valence-electron chi connectivity index (χ0n) is 14.4. The molecule has 0 aromatic heterocycles. The van der Waals surface area contributed by atoms with Gasteiger partial charge in [-0.05, 0) is 37.8 Å². The van der Waals surface area contributed by atoms with Crippen LogP contribution in [0.25, 0.3) is 0 Å². The van der Waals surface area contributed by atoms with Crippen LogP contribution in [0.5, 0.6) is 0 Å². The van der Waals surface area contributed by atoms with Crippen molar-refractivity contribution in [1.82, 2.24) is 15.5 Å². The summed E-state index contributed by atoms with van der Waals surface area (Å²) in [5, 5.41) is 6.77. The van der Waals surface area contributed by atoms with Crippen molar-refractivity contribution in [2.45, 2.75) is 33.2 Å². The van der Waals surface area contributed by atoms with E-state index in [1.165, 1.54) is 31.5 Å². The fraction of sp³-hybridized carbons (Fsp3) is 0.611. The first-order valence-corrected chi connectivity index (χ1v) is 8.56. The molecular weight excluding hydrogens is 399 g/mol. The maximum absolute atomic E-state index is 4.66. The molecule has 0 bridgehead atoms. The number of likely N-dealkylation sites (tertiary alicyclic amines) is 1. The number of guanidine groups is 1. The van der Waals surface area contributed by atoms with E-state index in [-0.39, 0.29) is 24.0 Å². The van der Waals surface area contributed by atoms with Crippen molar-refractivity contribution < 1.29 is 0 Å². The molecule has 1 unspecified atom stereocenters. The summed E-state index contributed by atoms with van der Waals surface area (Å²) in [4.78, 5) is 7.21. The molecule has 0 amide bonds. The van der Waals surface area contributed by atoms with Crippen molar-refractivity contribution in [1.29, 1.82) is 0 Å². The van der Waals surface area contributed by atoms with Gasteiger partial charge in [0.1, 0.15) is 0 Å². The predicted molar refractivity (Wildman–Crippen MR) is 110 cm³/mol. The van der Waals surface area contributed by atoms with Gasteiger partial charge in [-0.15, -0.1) is 24.0 Å². The Labute approximate surface area is 158 Å². The van der Waals surface area contributed by atoms with Gasteiger partial charge in [-0.25, -0.2) is 4.99 Å². The average Bonchev–Trinajstić information content (AvgIpc) is 2.54. The highest BCUT2D eigenvalue weighted by atomic mass is 127. The van der Waals surface area contributed by atoms with E-state index in [1.807, 2.05) is 6.07 Å². The third-order valence-corrected chi connectivity index (χ3v) is 4.07. The van der Waals surface area contributed by atoms with Crippen LogP contribution < -0.4 is 10.6 Å². The van der Waals surface area contributed by atoms with Gasteiger partial charge in [-0.1, -0.05) is 37.3 Å². The van der Waals surface area contributed by atoms with Crippen LogP contribution in [0, 0.1) is 5.92 Å². The molecule has 1 aromatic carbocycles. The first-order valence-electron chi connectivity index (χ1n) is 8.56. The van der Waals surface area contributed by atoms with Gasteiger partial charge in [0.2, 0.25) is 0 Å². The van der Waals surface area contributed by atoms with Crippen LogP contribution in [0.4, 0.5) is 0 Å². The second-order valence-corrected chi connectivity index (χ2v) is 6.16. The lowest BCUT2D eigenvalue weighted by Gasteiger charge is -2.30. The molecule has 1 heterocycles. The van der Waals surface area contributed by atoms with Crippen LogP contribution >= 0.6 is 24.0 Å². The number of nitrogens with zero attached hydrogens (tertiary/aromatic N) is 2. The van der Waals surface area contributed by atoms with E-state index in [2.05, 4.69) is 58.6 Å². The minimum Gasteiger partial charge on any atom is -0.357 e. The first kappa shape index (κ1) is 20.2. The Balaban J connectivity index is 0.00000264. The minimum absolute atomic E-state index is 0. The lowest BCUT2D eigenvalue weighted by Crippen LogP contribution is -2.43. The molecule has 1 aliphatic rings. The summed E-state index contributed by atoms with van der Waals surface area (Å²) in [6.45, 7) is 10.6. The fourth-order valence-corrected chi connectivity index (χ4v) is 2.92. The Bertz CT molecular complexity index is 450. The molecule has 1 aliphatic heterocycles. The highest BCUT2D eigenvalue weighted by molar-refractivity contribution is 14.0. The number of hydrogen-bond acceptors (Lipinski definition) is 2. The van der Waals surface area contributed by atoms with Gasteiger partial charge in [0.25, 0.3) is 0 Å². The quantitative estimate of drug-likeness (QED) is 0.414. The maximum Gasteiger partial charge on any atom is 0.191 e. The molecular formula is C18H31IN4. The molecule has 2 rings (SSSR count). The van der Waals surface area contributed by atoms with Crippen molar-refractivity contribution in [2.24, 2.45) is 10.9 Å². The number of aliphatic imine (C=N–C) groups is 1. The second kappa shape index (κ2) is 11.7. The van der Waals surface area contributed by atoms with Crippen LogP contribution in [0.1, 0.15) is 32.3 Å². The first-order chi connectivity index (χ1) is 10.8. The van der Waals surface area contributed by atoms with Crippen LogP contribution in [-0.4, -0.2) is 43.6 Å². The largest absolute Gasteiger partial charge is 0.357 e. The molecule has 0 spiro atoms. The van der Waals surface area contributed by atoms with Gasteiger partial charge in [0.05, 0.1) is 6.54 Å². The van der Waals surface area contributed by atoms with E-state index >= 15 is 0 Å². The monoisotopic (exact) mass is 430 g/mol. The third kappa shape index (κ3) is 8.01. The predicted octanol–water partition coefficient (Wildman–Crippen LogP) is 3.09. The van der Waals surface area contributed by atoms with Gasteiger partial charge in [0, 0.05) is 26.2 Å². The van der Waals surface area contributed by atoms with Crippen LogP contribution in [0.15, 0.2) is 35.3 Å². The average molecular weight is 430 g/mol. The highest BCUT2D eigenvalue weighted by Crippen LogP contribution is 2.14. The normalized spacial score (nSPS) is 19.0. The number of hydrogen-bond donors (Lipinski definition) is 2. The summed E-state index contributed by atoms with van der Waals surface area (Å²) >= 11 is 0. The summed E-state index contributed by atoms with van der Waals surface area (Å²) < 4.78 is 0. The minimum atomic E-state index is 0. The maximum atomic E-state index is 4.66. The van der Waals surface area contributed by atoms with Crippen molar-refractivity contribution in [3.05, 3.63) is 35.9 Å². The van der Waals surface area contributed by atoms with E-state index in [0.717, 1.165) is 38.1 Å². The van der Waals surface area contributed by atoms with E-state index < -0.39 is 0 Å². The van der Waals surface area contributed by atoms with Gasteiger partial charge >= 0.3 is 0 Å². The molecule has 0 saturated carbocycles. The molecule has 0 aliphatic carbocycles. The third-order valence-electron chi connectivity index (χ3n) is 4.07. The zero-order valence-corrected chi connectivity index (χ0v) is 16.8. The van der Waals surface area contributed by atoms with E-state index in [9.17, 15) is 0 Å². The molecule has 0 radical (unpaired) electrons. The van der Waals surface area contributed by atoms with E-state index in [0.29, 0.717) is 0 Å². The molecule has 1 fully saturated rings. The van der Waals surface area contributed by atoms with Gasteiger partial charge in [-0.2, -0.15) is 0 Å². The van der Waals surface area contributed by atoms with Crippen molar-refractivity contribution in [2.75, 3.05) is 32.7 Å². The fourth-order valence-electron chi connectivity index (χ4n) is 2.92. The molecule has 1 saturated heterocycles. The summed E-state index contributed by atoms with van der Waals surface area (Å²) in [5.74, 6) is 1.75. The summed E-state index contributed by atoms with van der Waals surface area (Å²) in [6.07, 6.45) is 2.72. The number of benzene rings is 1. The van der Waals surface area contributed by atoms with Crippen LogP contribution in [0.3, 0.4) is 0 Å². The Morgan fingerprint density at radius 2 is 2.04 bits per heavy atom. The summed E-state index contributed by atoms with van der Waals surface area (Å²) in [6, 6.07) is 10.4. The Kier molecular flexibility index (Phi) is 10.3. The number of piperidine rings is 1. The van der Waals surface area contributed by atoms with Gasteiger partial charge in [0.15, 0.2) is 5.96 Å². The summed E-state index contributed by atoms with van der Waals surface area (Å²) in [7, 11) is 0. The SMILES string of the molecule is CCNC(=NCc1ccccc1)NCCN1CCCC(C)C1.I. The van der Waals surface area contributed by atoms with Gasteiger partial charge in [-0.3, -0.25) is 0 Å².